The van der Waals surface area contributed by atoms with Crippen molar-refractivity contribution in [3.05, 3.63) is 51.8 Å². The van der Waals surface area contributed by atoms with E-state index in [1.165, 1.54) is 0 Å². The highest BCUT2D eigenvalue weighted by atomic mass is 35.5. The standard InChI is InChI=1S/C17H20ClN3O2/c1-3-16(22)15-9-13-10-20(6-7-21(13)19-15)17(23)14-8-12(18)5-4-11(14)2/h4-5,8-9,16,22H,3,6-7,10H2,1-2H3/t16-/m0/s1. The number of fused-ring (bicyclic) bond motifs is 1. The van der Waals surface area contributed by atoms with E-state index in [4.69, 9.17) is 11.6 Å². The lowest BCUT2D eigenvalue weighted by molar-refractivity contribution is 0.0705. The Morgan fingerprint density at radius 2 is 2.17 bits per heavy atom. The first kappa shape index (κ1) is 16.0. The van der Waals surface area contributed by atoms with Gasteiger partial charge in [0, 0.05) is 17.1 Å². The van der Waals surface area contributed by atoms with Gasteiger partial charge >= 0.3 is 0 Å². The molecule has 2 aromatic rings. The summed E-state index contributed by atoms with van der Waals surface area (Å²) in [5.41, 5.74) is 3.18. The van der Waals surface area contributed by atoms with Crippen LogP contribution in [0.4, 0.5) is 0 Å². The van der Waals surface area contributed by atoms with Gasteiger partial charge in [-0.1, -0.05) is 24.6 Å². The summed E-state index contributed by atoms with van der Waals surface area (Å²) >= 11 is 6.02. The summed E-state index contributed by atoms with van der Waals surface area (Å²) in [6, 6.07) is 7.26. The summed E-state index contributed by atoms with van der Waals surface area (Å²) < 4.78 is 1.88. The van der Waals surface area contributed by atoms with Crippen LogP contribution in [0.2, 0.25) is 5.02 Å². The van der Waals surface area contributed by atoms with Crippen molar-refractivity contribution in [3.63, 3.8) is 0 Å². The lowest BCUT2D eigenvalue weighted by Gasteiger charge is -2.28. The van der Waals surface area contributed by atoms with Crippen LogP contribution in [0.15, 0.2) is 24.3 Å². The molecule has 0 saturated carbocycles. The Morgan fingerprint density at radius 3 is 2.91 bits per heavy atom. The zero-order chi connectivity index (χ0) is 16.6. The van der Waals surface area contributed by atoms with Crippen LogP contribution in [-0.4, -0.2) is 32.2 Å². The number of carbonyl (C=O) groups excluding carboxylic acids is 1. The molecule has 6 heteroatoms. The van der Waals surface area contributed by atoms with Crippen LogP contribution < -0.4 is 0 Å². The Bertz CT molecular complexity index is 741. The van der Waals surface area contributed by atoms with Crippen molar-refractivity contribution in [2.24, 2.45) is 0 Å². The zero-order valence-corrected chi connectivity index (χ0v) is 14.0. The molecule has 0 bridgehead atoms. The van der Waals surface area contributed by atoms with Gasteiger partial charge in [0.15, 0.2) is 0 Å². The van der Waals surface area contributed by atoms with Crippen molar-refractivity contribution >= 4 is 17.5 Å². The van der Waals surface area contributed by atoms with Crippen molar-refractivity contribution in [2.75, 3.05) is 6.54 Å². The predicted molar refractivity (Wildman–Crippen MR) is 88.4 cm³/mol. The summed E-state index contributed by atoms with van der Waals surface area (Å²) in [5, 5.41) is 14.9. The number of carbonyl (C=O) groups is 1. The van der Waals surface area contributed by atoms with Crippen LogP contribution in [0.1, 0.15) is 46.8 Å². The van der Waals surface area contributed by atoms with E-state index < -0.39 is 6.10 Å². The molecule has 23 heavy (non-hydrogen) atoms. The molecule has 3 rings (SSSR count). The Hall–Kier alpha value is -1.85. The van der Waals surface area contributed by atoms with Crippen molar-refractivity contribution < 1.29 is 9.90 Å². The van der Waals surface area contributed by atoms with Gasteiger partial charge in [-0.3, -0.25) is 9.48 Å². The molecule has 0 saturated heterocycles. The summed E-state index contributed by atoms with van der Waals surface area (Å²) in [6.45, 7) is 5.56. The molecule has 1 aromatic heterocycles. The molecule has 1 aliphatic heterocycles. The van der Waals surface area contributed by atoms with Gasteiger partial charge in [0.1, 0.15) is 0 Å². The van der Waals surface area contributed by atoms with Crippen LogP contribution in [0.3, 0.4) is 0 Å². The van der Waals surface area contributed by atoms with Gasteiger partial charge in [-0.2, -0.15) is 5.10 Å². The minimum atomic E-state index is -0.549. The highest BCUT2D eigenvalue weighted by Crippen LogP contribution is 2.23. The smallest absolute Gasteiger partial charge is 0.254 e. The molecule has 2 heterocycles. The number of aryl methyl sites for hydroxylation is 1. The van der Waals surface area contributed by atoms with E-state index in [1.54, 1.807) is 17.0 Å². The van der Waals surface area contributed by atoms with Crippen molar-refractivity contribution in [3.8, 4) is 0 Å². The number of nitrogens with zero attached hydrogens (tertiary/aromatic N) is 3. The second-order valence-corrected chi connectivity index (χ2v) is 6.33. The second-order valence-electron chi connectivity index (χ2n) is 5.89. The zero-order valence-electron chi connectivity index (χ0n) is 13.3. The number of aliphatic hydroxyl groups excluding tert-OH is 1. The quantitative estimate of drug-likeness (QED) is 0.939. The number of hydrogen-bond acceptors (Lipinski definition) is 3. The number of amides is 1. The molecule has 1 atom stereocenters. The van der Waals surface area contributed by atoms with Crippen LogP contribution >= 0.6 is 11.6 Å². The van der Waals surface area contributed by atoms with Gasteiger partial charge in [0.2, 0.25) is 0 Å². The van der Waals surface area contributed by atoms with E-state index in [2.05, 4.69) is 5.10 Å². The number of aliphatic hydroxyl groups is 1. The number of benzene rings is 1. The van der Waals surface area contributed by atoms with E-state index in [0.717, 1.165) is 11.3 Å². The average molecular weight is 334 g/mol. The third-order valence-corrected chi connectivity index (χ3v) is 4.50. The highest BCUT2D eigenvalue weighted by molar-refractivity contribution is 6.31. The van der Waals surface area contributed by atoms with E-state index >= 15 is 0 Å². The Kier molecular flexibility index (Phi) is 4.41. The van der Waals surface area contributed by atoms with Gasteiger partial charge in [-0.25, -0.2) is 0 Å². The van der Waals surface area contributed by atoms with Crippen LogP contribution in [0.5, 0.6) is 0 Å². The first-order valence-corrected chi connectivity index (χ1v) is 8.17. The number of aromatic nitrogens is 2. The number of rotatable bonds is 3. The fourth-order valence-corrected chi connectivity index (χ4v) is 3.00. The fourth-order valence-electron chi connectivity index (χ4n) is 2.83. The molecule has 0 unspecified atom stereocenters. The molecule has 122 valence electrons. The highest BCUT2D eigenvalue weighted by Gasteiger charge is 2.25. The van der Waals surface area contributed by atoms with Crippen LogP contribution in [0.25, 0.3) is 0 Å². The van der Waals surface area contributed by atoms with Gasteiger partial charge in [0.05, 0.1) is 30.6 Å². The van der Waals surface area contributed by atoms with Gasteiger partial charge < -0.3 is 10.0 Å². The van der Waals surface area contributed by atoms with E-state index in [-0.39, 0.29) is 5.91 Å². The maximum Gasteiger partial charge on any atom is 0.254 e. The maximum absolute atomic E-state index is 12.8. The van der Waals surface area contributed by atoms with Crippen LogP contribution in [0, 0.1) is 6.92 Å². The lowest BCUT2D eigenvalue weighted by atomic mass is 10.1. The topological polar surface area (TPSA) is 58.4 Å². The van der Waals surface area contributed by atoms with E-state index in [0.29, 0.717) is 42.3 Å². The molecular formula is C17H20ClN3O2. The molecule has 1 aliphatic rings. The largest absolute Gasteiger partial charge is 0.387 e. The van der Waals surface area contributed by atoms with E-state index in [9.17, 15) is 9.90 Å². The normalized spacial score (nSPS) is 15.4. The number of hydrogen-bond donors (Lipinski definition) is 1. The Balaban J connectivity index is 1.82. The molecule has 0 fully saturated rings. The van der Waals surface area contributed by atoms with Crippen molar-refractivity contribution in [1.82, 2.24) is 14.7 Å². The fraction of sp³-hybridized carbons (Fsp3) is 0.412. The van der Waals surface area contributed by atoms with Gasteiger partial charge in [-0.15, -0.1) is 0 Å². The van der Waals surface area contributed by atoms with Crippen molar-refractivity contribution in [2.45, 2.75) is 39.5 Å². The summed E-state index contributed by atoms with van der Waals surface area (Å²) in [5.74, 6) is -0.0185. The van der Waals surface area contributed by atoms with Crippen molar-refractivity contribution in [1.29, 1.82) is 0 Å². The molecule has 1 amide bonds. The van der Waals surface area contributed by atoms with E-state index in [1.807, 2.05) is 30.7 Å². The second kappa shape index (κ2) is 6.34. The minimum Gasteiger partial charge on any atom is -0.387 e. The monoisotopic (exact) mass is 333 g/mol. The SMILES string of the molecule is CC[C@H](O)c1cc2n(n1)CCN(C(=O)c1cc(Cl)ccc1C)C2. The molecule has 5 nitrogen and oxygen atoms in total. The Labute approximate surface area is 140 Å². The molecule has 0 spiro atoms. The molecule has 1 aromatic carbocycles. The maximum atomic E-state index is 12.8. The average Bonchev–Trinajstić information content (AvgIpc) is 2.98. The third kappa shape index (κ3) is 3.12. The predicted octanol–water partition coefficient (Wildman–Crippen LogP) is 2.94. The summed E-state index contributed by atoms with van der Waals surface area (Å²) in [6.07, 6.45) is 0.0771. The first-order valence-electron chi connectivity index (χ1n) is 7.79. The molecule has 0 radical (unpaired) electrons. The number of halogens is 1. The summed E-state index contributed by atoms with van der Waals surface area (Å²) in [7, 11) is 0. The van der Waals surface area contributed by atoms with Crippen LogP contribution in [-0.2, 0) is 13.1 Å². The lowest BCUT2D eigenvalue weighted by Crippen LogP contribution is -2.38. The molecule has 1 N–H and O–H groups in total. The summed E-state index contributed by atoms with van der Waals surface area (Å²) in [4.78, 5) is 14.6. The van der Waals surface area contributed by atoms with Gasteiger partial charge in [0.25, 0.3) is 5.91 Å². The van der Waals surface area contributed by atoms with Gasteiger partial charge in [-0.05, 0) is 37.1 Å². The molecule has 0 aliphatic carbocycles. The minimum absolute atomic E-state index is 0.0185. The first-order chi connectivity index (χ1) is 11.0. The third-order valence-electron chi connectivity index (χ3n) is 4.26. The molecular weight excluding hydrogens is 314 g/mol. The Morgan fingerprint density at radius 1 is 1.39 bits per heavy atom.